The van der Waals surface area contributed by atoms with Crippen LogP contribution in [0.5, 0.6) is 0 Å². The first-order valence-corrected chi connectivity index (χ1v) is 8.40. The van der Waals surface area contributed by atoms with Crippen molar-refractivity contribution in [2.75, 3.05) is 19.4 Å². The van der Waals surface area contributed by atoms with E-state index in [1.165, 1.54) is 50.6 Å². The SMILES string of the molecule is CN(C)S(=O)(=O)c1ccc(-c2nnc(NC(=O)c3ccno3)o2)cc1. The number of hydrogen-bond acceptors (Lipinski definition) is 8. The maximum absolute atomic E-state index is 12.0. The van der Waals surface area contributed by atoms with E-state index in [2.05, 4.69) is 20.7 Å². The second kappa shape index (κ2) is 6.45. The van der Waals surface area contributed by atoms with Crippen molar-refractivity contribution in [2.45, 2.75) is 4.90 Å². The molecule has 0 spiro atoms. The first-order valence-electron chi connectivity index (χ1n) is 6.96. The van der Waals surface area contributed by atoms with Gasteiger partial charge in [-0.2, -0.15) is 0 Å². The Kier molecular flexibility index (Phi) is 4.33. The highest BCUT2D eigenvalue weighted by Gasteiger charge is 2.18. The summed E-state index contributed by atoms with van der Waals surface area (Å²) < 4.78 is 35.2. The lowest BCUT2D eigenvalue weighted by Gasteiger charge is -2.11. The maximum Gasteiger partial charge on any atom is 0.322 e. The standard InChI is InChI=1S/C14H13N5O5S/c1-19(2)25(21,22)10-5-3-9(4-6-10)13-17-18-14(23-13)16-12(20)11-7-8-15-24-11/h3-8H,1-2H3,(H,16,18,20). The lowest BCUT2D eigenvalue weighted by molar-refractivity contribution is 0.0985. The number of benzene rings is 1. The Labute approximate surface area is 142 Å². The number of sulfonamides is 1. The molecule has 0 saturated carbocycles. The highest BCUT2D eigenvalue weighted by Crippen LogP contribution is 2.22. The molecule has 0 aliphatic rings. The molecule has 0 atom stereocenters. The summed E-state index contributed by atoms with van der Waals surface area (Å²) in [6.07, 6.45) is 1.33. The minimum absolute atomic E-state index is 0.00186. The second-order valence-electron chi connectivity index (χ2n) is 5.05. The van der Waals surface area contributed by atoms with Crippen LogP contribution in [0.1, 0.15) is 10.6 Å². The number of anilines is 1. The van der Waals surface area contributed by atoms with Gasteiger partial charge in [0.1, 0.15) is 0 Å². The number of hydrogen-bond donors (Lipinski definition) is 1. The second-order valence-corrected chi connectivity index (χ2v) is 7.21. The summed E-state index contributed by atoms with van der Waals surface area (Å²) in [6, 6.07) is 7.19. The Bertz CT molecular complexity index is 977. The summed E-state index contributed by atoms with van der Waals surface area (Å²) in [7, 11) is -0.620. The predicted octanol–water partition coefficient (Wildman–Crippen LogP) is 1.23. The van der Waals surface area contributed by atoms with Crippen LogP contribution in [0.15, 0.2) is 50.4 Å². The molecule has 0 bridgehead atoms. The van der Waals surface area contributed by atoms with Gasteiger partial charge in [0.2, 0.25) is 21.7 Å². The Morgan fingerprint density at radius 2 is 1.84 bits per heavy atom. The lowest BCUT2D eigenvalue weighted by atomic mass is 10.2. The van der Waals surface area contributed by atoms with E-state index in [-0.39, 0.29) is 22.6 Å². The number of nitrogens with zero attached hydrogens (tertiary/aromatic N) is 4. The largest absolute Gasteiger partial charge is 0.403 e. The van der Waals surface area contributed by atoms with E-state index >= 15 is 0 Å². The van der Waals surface area contributed by atoms with Gasteiger partial charge in [-0.3, -0.25) is 10.1 Å². The Balaban J connectivity index is 1.77. The number of amides is 1. The molecule has 1 N–H and O–H groups in total. The summed E-state index contributed by atoms with van der Waals surface area (Å²) in [4.78, 5) is 11.9. The van der Waals surface area contributed by atoms with Gasteiger partial charge in [-0.15, -0.1) is 5.10 Å². The molecule has 1 amide bonds. The van der Waals surface area contributed by atoms with Crippen molar-refractivity contribution in [2.24, 2.45) is 0 Å². The summed E-state index contributed by atoms with van der Waals surface area (Å²) in [5, 5.41) is 13.3. The maximum atomic E-state index is 12.0. The van der Waals surface area contributed by atoms with Crippen molar-refractivity contribution in [3.05, 3.63) is 42.3 Å². The summed E-state index contributed by atoms with van der Waals surface area (Å²) in [6.45, 7) is 0. The van der Waals surface area contributed by atoms with E-state index < -0.39 is 15.9 Å². The van der Waals surface area contributed by atoms with Gasteiger partial charge in [0.15, 0.2) is 0 Å². The fourth-order valence-electron chi connectivity index (χ4n) is 1.86. The minimum atomic E-state index is -3.52. The van der Waals surface area contributed by atoms with Crippen LogP contribution in [0.2, 0.25) is 0 Å². The molecule has 3 aromatic rings. The molecule has 0 fully saturated rings. The van der Waals surface area contributed by atoms with Crippen molar-refractivity contribution >= 4 is 21.9 Å². The van der Waals surface area contributed by atoms with Gasteiger partial charge in [0.05, 0.1) is 11.1 Å². The van der Waals surface area contributed by atoms with Gasteiger partial charge in [-0.1, -0.05) is 10.3 Å². The number of carbonyl (C=O) groups excluding carboxylic acids is 1. The molecular weight excluding hydrogens is 350 g/mol. The van der Waals surface area contributed by atoms with Gasteiger partial charge < -0.3 is 8.94 Å². The molecule has 0 saturated heterocycles. The molecule has 1 aromatic carbocycles. The van der Waals surface area contributed by atoms with E-state index in [1.807, 2.05) is 0 Å². The first kappa shape index (κ1) is 16.8. The smallest absolute Gasteiger partial charge is 0.322 e. The molecule has 2 aromatic heterocycles. The minimum Gasteiger partial charge on any atom is -0.403 e. The fourth-order valence-corrected chi connectivity index (χ4v) is 2.76. The van der Waals surface area contributed by atoms with E-state index in [0.29, 0.717) is 5.56 Å². The molecule has 0 aliphatic heterocycles. The molecule has 2 heterocycles. The van der Waals surface area contributed by atoms with Crippen molar-refractivity contribution < 1.29 is 22.2 Å². The Morgan fingerprint density at radius 1 is 1.12 bits per heavy atom. The number of aromatic nitrogens is 3. The third kappa shape index (κ3) is 3.41. The normalized spacial score (nSPS) is 11.6. The average Bonchev–Trinajstić information content (AvgIpc) is 3.26. The number of nitrogens with one attached hydrogen (secondary N) is 1. The highest BCUT2D eigenvalue weighted by molar-refractivity contribution is 7.89. The van der Waals surface area contributed by atoms with Gasteiger partial charge in [-0.05, 0) is 24.3 Å². The molecule has 11 heteroatoms. The van der Waals surface area contributed by atoms with Gasteiger partial charge >= 0.3 is 6.01 Å². The van der Waals surface area contributed by atoms with Crippen LogP contribution in [0.25, 0.3) is 11.5 Å². The number of rotatable bonds is 5. The summed E-state index contributed by atoms with van der Waals surface area (Å²) in [5.74, 6) is -0.459. The van der Waals surface area contributed by atoms with Crippen molar-refractivity contribution in [1.82, 2.24) is 19.7 Å². The third-order valence-corrected chi connectivity index (χ3v) is 5.02. The summed E-state index contributed by atoms with van der Waals surface area (Å²) >= 11 is 0. The quantitative estimate of drug-likeness (QED) is 0.716. The van der Waals surface area contributed by atoms with Gasteiger partial charge in [-0.25, -0.2) is 12.7 Å². The predicted molar refractivity (Wildman–Crippen MR) is 85.1 cm³/mol. The average molecular weight is 363 g/mol. The van der Waals surface area contributed by atoms with Gasteiger partial charge in [0.25, 0.3) is 5.91 Å². The van der Waals surface area contributed by atoms with Crippen LogP contribution < -0.4 is 5.32 Å². The topological polar surface area (TPSA) is 131 Å². The van der Waals surface area contributed by atoms with E-state index in [0.717, 1.165) is 4.31 Å². The zero-order chi connectivity index (χ0) is 18.0. The zero-order valence-corrected chi connectivity index (χ0v) is 14.0. The summed E-state index contributed by atoms with van der Waals surface area (Å²) in [5.41, 5.74) is 0.505. The zero-order valence-electron chi connectivity index (χ0n) is 13.2. The van der Waals surface area contributed by atoms with E-state index in [1.54, 1.807) is 0 Å². The van der Waals surface area contributed by atoms with E-state index in [4.69, 9.17) is 8.94 Å². The molecule has 0 radical (unpaired) electrons. The third-order valence-electron chi connectivity index (χ3n) is 3.19. The molecular formula is C14H13N5O5S. The van der Waals surface area contributed by atoms with Crippen LogP contribution in [-0.2, 0) is 10.0 Å². The lowest BCUT2D eigenvalue weighted by Crippen LogP contribution is -2.22. The van der Waals surface area contributed by atoms with Gasteiger partial charge in [0, 0.05) is 25.7 Å². The monoisotopic (exact) mass is 363 g/mol. The Hall–Kier alpha value is -3.05. The van der Waals surface area contributed by atoms with Crippen molar-refractivity contribution in [3.63, 3.8) is 0 Å². The number of carbonyl (C=O) groups is 1. The Morgan fingerprint density at radius 3 is 2.44 bits per heavy atom. The molecule has 0 aliphatic carbocycles. The van der Waals surface area contributed by atoms with E-state index in [9.17, 15) is 13.2 Å². The van der Waals surface area contributed by atoms with Crippen LogP contribution in [0.3, 0.4) is 0 Å². The molecule has 10 nitrogen and oxygen atoms in total. The molecule has 130 valence electrons. The van der Waals surface area contributed by atoms with Crippen molar-refractivity contribution in [1.29, 1.82) is 0 Å². The molecule has 25 heavy (non-hydrogen) atoms. The van der Waals surface area contributed by atoms with Crippen LogP contribution in [0.4, 0.5) is 6.01 Å². The highest BCUT2D eigenvalue weighted by atomic mass is 32.2. The molecule has 3 rings (SSSR count). The van der Waals surface area contributed by atoms with Crippen LogP contribution in [-0.4, -0.2) is 48.1 Å². The van der Waals surface area contributed by atoms with Crippen molar-refractivity contribution in [3.8, 4) is 11.5 Å². The first-order chi connectivity index (χ1) is 11.9. The van der Waals surface area contributed by atoms with Crippen LogP contribution >= 0.6 is 0 Å². The molecule has 0 unspecified atom stereocenters. The fraction of sp³-hybridized carbons (Fsp3) is 0.143. The van der Waals surface area contributed by atoms with Crippen LogP contribution in [0, 0.1) is 0 Å².